The van der Waals surface area contributed by atoms with Crippen LogP contribution in [-0.2, 0) is 4.79 Å². The van der Waals surface area contributed by atoms with Gasteiger partial charge in [-0.3, -0.25) is 0 Å². The topological polar surface area (TPSA) is 46.5 Å². The first-order valence-corrected chi connectivity index (χ1v) is 4.27. The van der Waals surface area contributed by atoms with E-state index in [1.54, 1.807) is 13.0 Å². The van der Waals surface area contributed by atoms with E-state index in [1.165, 1.54) is 12.1 Å². The largest absolute Gasteiger partial charge is 0.501 e. The van der Waals surface area contributed by atoms with E-state index in [9.17, 15) is 13.6 Å². The first-order chi connectivity index (χ1) is 6.83. The van der Waals surface area contributed by atoms with Crippen molar-refractivity contribution >= 4 is 17.6 Å². The minimum absolute atomic E-state index is 0.0680. The number of halogens is 3. The van der Waals surface area contributed by atoms with Crippen molar-refractivity contribution in [1.29, 1.82) is 0 Å². The second-order valence-electron chi connectivity index (χ2n) is 2.86. The standard InChI is InChI=1S/C9H7ClF2O3/c1-5-2-3-6(10)7(4-5)15-9(11,12)8(13)14/h2-4H,1H3,(H,13,14). The molecule has 0 spiro atoms. The van der Waals surface area contributed by atoms with Crippen LogP contribution in [0.25, 0.3) is 0 Å². The van der Waals surface area contributed by atoms with E-state index in [4.69, 9.17) is 16.7 Å². The molecule has 0 amide bonds. The zero-order valence-corrected chi connectivity index (χ0v) is 8.39. The van der Waals surface area contributed by atoms with Gasteiger partial charge in [0.1, 0.15) is 5.75 Å². The Labute approximate surface area is 89.2 Å². The number of carboxylic acids is 1. The predicted molar refractivity (Wildman–Crippen MR) is 49.4 cm³/mol. The lowest BCUT2D eigenvalue weighted by Gasteiger charge is -2.14. The molecule has 0 fully saturated rings. The molecule has 1 aromatic carbocycles. The molecular formula is C9H7ClF2O3. The van der Waals surface area contributed by atoms with Gasteiger partial charge in [0.25, 0.3) is 0 Å². The lowest BCUT2D eigenvalue weighted by molar-refractivity contribution is -0.210. The Hall–Kier alpha value is -1.36. The zero-order chi connectivity index (χ0) is 11.6. The highest BCUT2D eigenvalue weighted by Crippen LogP contribution is 2.30. The van der Waals surface area contributed by atoms with Gasteiger partial charge in [-0.1, -0.05) is 17.7 Å². The lowest BCUT2D eigenvalue weighted by atomic mass is 10.2. The minimum atomic E-state index is -4.28. The third kappa shape index (κ3) is 2.79. The molecule has 1 rings (SSSR count). The summed E-state index contributed by atoms with van der Waals surface area (Å²) in [6.45, 7) is 1.64. The molecule has 0 aliphatic carbocycles. The van der Waals surface area contributed by atoms with Crippen molar-refractivity contribution in [3.63, 3.8) is 0 Å². The molecule has 82 valence electrons. The summed E-state index contributed by atoms with van der Waals surface area (Å²) in [5.41, 5.74) is 0.635. The van der Waals surface area contributed by atoms with E-state index >= 15 is 0 Å². The Morgan fingerprint density at radius 3 is 2.67 bits per heavy atom. The van der Waals surface area contributed by atoms with Gasteiger partial charge in [0, 0.05) is 0 Å². The molecular weight excluding hydrogens is 230 g/mol. The maximum absolute atomic E-state index is 12.7. The molecule has 0 saturated heterocycles. The lowest BCUT2D eigenvalue weighted by Crippen LogP contribution is -2.34. The molecule has 0 radical (unpaired) electrons. The Morgan fingerprint density at radius 2 is 2.13 bits per heavy atom. The van der Waals surface area contributed by atoms with Gasteiger partial charge in [-0.05, 0) is 24.6 Å². The zero-order valence-electron chi connectivity index (χ0n) is 7.63. The first kappa shape index (κ1) is 11.7. The number of alkyl halides is 2. The second-order valence-corrected chi connectivity index (χ2v) is 3.27. The number of ether oxygens (including phenoxy) is 1. The van der Waals surface area contributed by atoms with Crippen LogP contribution in [0, 0.1) is 6.92 Å². The molecule has 6 heteroatoms. The summed E-state index contributed by atoms with van der Waals surface area (Å²) < 4.78 is 29.3. The Balaban J connectivity index is 2.99. The van der Waals surface area contributed by atoms with Gasteiger partial charge in [-0.15, -0.1) is 0 Å². The monoisotopic (exact) mass is 236 g/mol. The maximum Gasteiger partial charge on any atom is 0.501 e. The van der Waals surface area contributed by atoms with Gasteiger partial charge in [0.05, 0.1) is 5.02 Å². The van der Waals surface area contributed by atoms with Crippen LogP contribution in [0.4, 0.5) is 8.78 Å². The van der Waals surface area contributed by atoms with Gasteiger partial charge < -0.3 is 9.84 Å². The van der Waals surface area contributed by atoms with Crippen LogP contribution in [0.15, 0.2) is 18.2 Å². The number of aryl methyl sites for hydroxylation is 1. The number of carboxylic acid groups (broad SMARTS) is 1. The van der Waals surface area contributed by atoms with Crippen LogP contribution < -0.4 is 4.74 Å². The molecule has 0 saturated carbocycles. The summed E-state index contributed by atoms with van der Waals surface area (Å²) in [7, 11) is 0. The van der Waals surface area contributed by atoms with Gasteiger partial charge in [0.15, 0.2) is 0 Å². The number of aliphatic carboxylic acids is 1. The Bertz CT molecular complexity index is 393. The summed E-state index contributed by atoms with van der Waals surface area (Å²) in [5.74, 6) is -2.72. The van der Waals surface area contributed by atoms with E-state index in [1.807, 2.05) is 0 Å². The third-order valence-electron chi connectivity index (χ3n) is 1.57. The molecule has 0 atom stereocenters. The summed E-state index contributed by atoms with van der Waals surface area (Å²) >= 11 is 5.56. The van der Waals surface area contributed by atoms with Crippen LogP contribution in [-0.4, -0.2) is 17.2 Å². The fourth-order valence-corrected chi connectivity index (χ4v) is 1.03. The number of carbonyl (C=O) groups is 1. The Morgan fingerprint density at radius 1 is 1.53 bits per heavy atom. The number of hydrogen-bond donors (Lipinski definition) is 1. The summed E-state index contributed by atoms with van der Waals surface area (Å²) in [6.07, 6.45) is -4.28. The van der Waals surface area contributed by atoms with Crippen molar-refractivity contribution in [2.75, 3.05) is 0 Å². The van der Waals surface area contributed by atoms with Crippen molar-refractivity contribution in [3.8, 4) is 5.75 Å². The summed E-state index contributed by atoms with van der Waals surface area (Å²) in [5, 5.41) is 8.08. The van der Waals surface area contributed by atoms with E-state index in [2.05, 4.69) is 4.74 Å². The molecule has 0 aliphatic rings. The van der Waals surface area contributed by atoms with Crippen LogP contribution in [0.2, 0.25) is 5.02 Å². The molecule has 0 bridgehead atoms. The molecule has 15 heavy (non-hydrogen) atoms. The van der Waals surface area contributed by atoms with Gasteiger partial charge >= 0.3 is 12.1 Å². The fourth-order valence-electron chi connectivity index (χ4n) is 0.871. The molecule has 3 nitrogen and oxygen atoms in total. The highest BCUT2D eigenvalue weighted by atomic mass is 35.5. The first-order valence-electron chi connectivity index (χ1n) is 3.89. The van der Waals surface area contributed by atoms with Crippen molar-refractivity contribution < 1.29 is 23.4 Å². The molecule has 0 aromatic heterocycles. The summed E-state index contributed by atoms with van der Waals surface area (Å²) in [4.78, 5) is 10.1. The van der Waals surface area contributed by atoms with E-state index < -0.39 is 12.1 Å². The van der Waals surface area contributed by atoms with Crippen molar-refractivity contribution in [3.05, 3.63) is 28.8 Å². The van der Waals surface area contributed by atoms with Crippen molar-refractivity contribution in [1.82, 2.24) is 0 Å². The molecule has 0 aliphatic heterocycles. The van der Waals surface area contributed by atoms with Crippen LogP contribution in [0.1, 0.15) is 5.56 Å². The van der Waals surface area contributed by atoms with Crippen LogP contribution in [0.5, 0.6) is 5.75 Å². The second kappa shape index (κ2) is 4.02. The normalized spacial score (nSPS) is 11.2. The molecule has 1 N–H and O–H groups in total. The van der Waals surface area contributed by atoms with Gasteiger partial charge in [0.2, 0.25) is 0 Å². The molecule has 1 aromatic rings. The number of rotatable bonds is 3. The average molecular weight is 237 g/mol. The molecule has 0 unspecified atom stereocenters. The maximum atomic E-state index is 12.7. The van der Waals surface area contributed by atoms with E-state index in [-0.39, 0.29) is 10.8 Å². The SMILES string of the molecule is Cc1ccc(Cl)c(OC(F)(F)C(=O)O)c1. The minimum Gasteiger partial charge on any atom is -0.474 e. The number of benzene rings is 1. The van der Waals surface area contributed by atoms with Crippen molar-refractivity contribution in [2.45, 2.75) is 13.0 Å². The fraction of sp³-hybridized carbons (Fsp3) is 0.222. The smallest absolute Gasteiger partial charge is 0.474 e. The van der Waals surface area contributed by atoms with Gasteiger partial charge in [-0.2, -0.15) is 8.78 Å². The van der Waals surface area contributed by atoms with E-state index in [0.29, 0.717) is 5.56 Å². The van der Waals surface area contributed by atoms with Crippen LogP contribution in [0.3, 0.4) is 0 Å². The predicted octanol–water partition coefficient (Wildman–Crippen LogP) is 2.70. The Kier molecular flexibility index (Phi) is 3.14. The highest BCUT2D eigenvalue weighted by Gasteiger charge is 2.42. The quantitative estimate of drug-likeness (QED) is 0.878. The molecule has 0 heterocycles. The highest BCUT2D eigenvalue weighted by molar-refractivity contribution is 6.32. The average Bonchev–Trinajstić information content (AvgIpc) is 2.10. The van der Waals surface area contributed by atoms with Crippen molar-refractivity contribution in [2.24, 2.45) is 0 Å². The third-order valence-corrected chi connectivity index (χ3v) is 1.89. The van der Waals surface area contributed by atoms with Gasteiger partial charge in [-0.25, -0.2) is 4.79 Å². The van der Waals surface area contributed by atoms with E-state index in [0.717, 1.165) is 0 Å². The summed E-state index contributed by atoms with van der Waals surface area (Å²) in [6, 6.07) is 4.18. The number of hydrogen-bond acceptors (Lipinski definition) is 2. The van der Waals surface area contributed by atoms with Crippen LogP contribution >= 0.6 is 11.6 Å².